The Morgan fingerprint density at radius 3 is 1.93 bits per heavy atom. The summed E-state index contributed by atoms with van der Waals surface area (Å²) in [4.78, 5) is 0. The molecule has 152 valence electrons. The summed E-state index contributed by atoms with van der Waals surface area (Å²) in [6, 6.07) is 16.8. The van der Waals surface area contributed by atoms with Crippen LogP contribution in [-0.4, -0.2) is 29.0 Å². The van der Waals surface area contributed by atoms with Gasteiger partial charge in [0.1, 0.15) is 0 Å². The Bertz CT molecular complexity index is 786. The second kappa shape index (κ2) is 11.2. The van der Waals surface area contributed by atoms with Crippen molar-refractivity contribution in [2.24, 2.45) is 0 Å². The molecule has 0 bridgehead atoms. The monoisotopic (exact) mass is 381 g/mol. The number of rotatable bonds is 13. The van der Waals surface area contributed by atoms with Crippen LogP contribution in [0.2, 0.25) is 0 Å². The molecule has 0 radical (unpaired) electrons. The van der Waals surface area contributed by atoms with E-state index in [-0.39, 0.29) is 0 Å². The van der Waals surface area contributed by atoms with Crippen molar-refractivity contribution in [3.8, 4) is 0 Å². The molecule has 3 heteroatoms. The number of aliphatic hydroxyl groups excluding tert-OH is 1. The van der Waals surface area contributed by atoms with E-state index in [0.29, 0.717) is 13.2 Å². The van der Waals surface area contributed by atoms with Crippen LogP contribution in [-0.2, 0) is 11.3 Å². The second-order valence-corrected chi connectivity index (χ2v) is 7.85. The van der Waals surface area contributed by atoms with Gasteiger partial charge in [-0.15, -0.1) is 0 Å². The summed E-state index contributed by atoms with van der Waals surface area (Å²) in [6.45, 7) is 3.97. The van der Waals surface area contributed by atoms with Gasteiger partial charge in [0.25, 0.3) is 0 Å². The first-order valence-corrected chi connectivity index (χ1v) is 11.0. The van der Waals surface area contributed by atoms with Crippen molar-refractivity contribution in [1.82, 2.24) is 4.57 Å². The van der Waals surface area contributed by atoms with Crippen LogP contribution in [0.3, 0.4) is 0 Å². The molecule has 0 aliphatic heterocycles. The van der Waals surface area contributed by atoms with Crippen molar-refractivity contribution in [3.63, 3.8) is 0 Å². The van der Waals surface area contributed by atoms with Gasteiger partial charge >= 0.3 is 0 Å². The van der Waals surface area contributed by atoms with Gasteiger partial charge in [-0.1, -0.05) is 88.3 Å². The van der Waals surface area contributed by atoms with Crippen molar-refractivity contribution in [3.05, 3.63) is 48.5 Å². The molecule has 3 rings (SSSR count). The van der Waals surface area contributed by atoms with Crippen molar-refractivity contribution in [2.75, 3.05) is 13.2 Å². The fourth-order valence-electron chi connectivity index (χ4n) is 4.02. The Hall–Kier alpha value is -1.84. The zero-order valence-corrected chi connectivity index (χ0v) is 17.3. The minimum atomic E-state index is -0.492. The number of hydrogen-bond donors (Lipinski definition) is 1. The van der Waals surface area contributed by atoms with Crippen LogP contribution >= 0.6 is 0 Å². The normalized spacial score (nSPS) is 12.8. The zero-order valence-electron chi connectivity index (χ0n) is 17.3. The van der Waals surface area contributed by atoms with E-state index in [2.05, 4.69) is 60.0 Å². The highest BCUT2D eigenvalue weighted by Gasteiger charge is 2.13. The maximum Gasteiger partial charge on any atom is 0.0952 e. The number of ether oxygens (including phenoxy) is 1. The minimum absolute atomic E-state index is 0.400. The molecule has 1 heterocycles. The second-order valence-electron chi connectivity index (χ2n) is 7.85. The number of para-hydroxylation sites is 2. The van der Waals surface area contributed by atoms with Gasteiger partial charge < -0.3 is 14.4 Å². The number of benzene rings is 2. The summed E-state index contributed by atoms with van der Waals surface area (Å²) in [5, 5.41) is 13.0. The molecule has 1 aromatic heterocycles. The number of aliphatic hydroxyl groups is 1. The lowest BCUT2D eigenvalue weighted by atomic mass is 10.1. The average molecular weight is 382 g/mol. The summed E-state index contributed by atoms with van der Waals surface area (Å²) in [5.41, 5.74) is 2.34. The summed E-state index contributed by atoms with van der Waals surface area (Å²) in [6.07, 6.45) is 9.90. The van der Waals surface area contributed by atoms with E-state index in [9.17, 15) is 5.11 Å². The SMILES string of the molecule is CCCCCCCCCCOCC(O)Cn1c2ccccc2c2ccccc21. The molecule has 3 aromatic rings. The highest BCUT2D eigenvalue weighted by atomic mass is 16.5. The van der Waals surface area contributed by atoms with E-state index in [4.69, 9.17) is 4.74 Å². The van der Waals surface area contributed by atoms with Crippen LogP contribution in [0.4, 0.5) is 0 Å². The van der Waals surface area contributed by atoms with Gasteiger partial charge in [-0.3, -0.25) is 0 Å². The molecule has 1 atom stereocenters. The molecule has 1 N–H and O–H groups in total. The summed E-state index contributed by atoms with van der Waals surface area (Å²) >= 11 is 0. The molecule has 0 aliphatic carbocycles. The fourth-order valence-corrected chi connectivity index (χ4v) is 4.02. The van der Waals surface area contributed by atoms with Crippen molar-refractivity contribution < 1.29 is 9.84 Å². The molecule has 3 nitrogen and oxygen atoms in total. The Labute approximate surface area is 169 Å². The van der Waals surface area contributed by atoms with E-state index < -0.39 is 6.10 Å². The lowest BCUT2D eigenvalue weighted by Crippen LogP contribution is -2.22. The highest BCUT2D eigenvalue weighted by Crippen LogP contribution is 2.28. The lowest BCUT2D eigenvalue weighted by molar-refractivity contribution is 0.0278. The van der Waals surface area contributed by atoms with Crippen LogP contribution in [0.5, 0.6) is 0 Å². The van der Waals surface area contributed by atoms with Crippen LogP contribution < -0.4 is 0 Å². The Morgan fingerprint density at radius 1 is 0.786 bits per heavy atom. The molecule has 0 spiro atoms. The minimum Gasteiger partial charge on any atom is -0.389 e. The number of hydrogen-bond acceptors (Lipinski definition) is 2. The van der Waals surface area contributed by atoms with Crippen molar-refractivity contribution in [2.45, 2.75) is 70.9 Å². The van der Waals surface area contributed by atoms with E-state index in [0.717, 1.165) is 13.0 Å². The first-order chi connectivity index (χ1) is 13.8. The van der Waals surface area contributed by atoms with Gasteiger partial charge in [-0.2, -0.15) is 0 Å². The van der Waals surface area contributed by atoms with Crippen molar-refractivity contribution in [1.29, 1.82) is 0 Å². The molecular weight excluding hydrogens is 346 g/mol. The molecule has 28 heavy (non-hydrogen) atoms. The smallest absolute Gasteiger partial charge is 0.0952 e. The molecule has 0 saturated carbocycles. The van der Waals surface area contributed by atoms with Crippen LogP contribution in [0.15, 0.2) is 48.5 Å². The molecular formula is C25H35NO2. The van der Waals surface area contributed by atoms with Gasteiger partial charge in [0.15, 0.2) is 0 Å². The van der Waals surface area contributed by atoms with E-state index >= 15 is 0 Å². The number of unbranched alkanes of at least 4 members (excludes halogenated alkanes) is 7. The number of nitrogens with zero attached hydrogens (tertiary/aromatic N) is 1. The molecule has 0 aliphatic rings. The van der Waals surface area contributed by atoms with Gasteiger partial charge in [-0.05, 0) is 18.6 Å². The topological polar surface area (TPSA) is 34.4 Å². The first kappa shape index (κ1) is 20.9. The van der Waals surface area contributed by atoms with E-state index in [1.54, 1.807) is 0 Å². The molecule has 0 fully saturated rings. The lowest BCUT2D eigenvalue weighted by Gasteiger charge is -2.14. The summed E-state index contributed by atoms with van der Waals surface area (Å²) in [5.74, 6) is 0. The van der Waals surface area contributed by atoms with Crippen molar-refractivity contribution >= 4 is 21.8 Å². The predicted octanol–water partition coefficient (Wildman–Crippen LogP) is 6.31. The van der Waals surface area contributed by atoms with Crippen LogP contribution in [0.25, 0.3) is 21.8 Å². The number of fused-ring (bicyclic) bond motifs is 3. The van der Waals surface area contributed by atoms with Gasteiger partial charge in [0.2, 0.25) is 0 Å². The third-order valence-electron chi connectivity index (χ3n) is 5.53. The van der Waals surface area contributed by atoms with E-state index in [1.165, 1.54) is 66.8 Å². The maximum absolute atomic E-state index is 10.5. The fraction of sp³-hybridized carbons (Fsp3) is 0.520. The van der Waals surface area contributed by atoms with Gasteiger partial charge in [0.05, 0.1) is 19.3 Å². The highest BCUT2D eigenvalue weighted by molar-refractivity contribution is 6.07. The number of aromatic nitrogens is 1. The first-order valence-electron chi connectivity index (χ1n) is 11.0. The Kier molecular flexibility index (Phi) is 8.38. The summed E-state index contributed by atoms with van der Waals surface area (Å²) < 4.78 is 7.97. The zero-order chi connectivity index (χ0) is 19.6. The standard InChI is InChI=1S/C25H35NO2/c1-2-3-4-5-6-7-8-13-18-28-20-21(27)19-26-24-16-11-9-14-22(24)23-15-10-12-17-25(23)26/h9-12,14-17,21,27H,2-8,13,18-20H2,1H3. The third kappa shape index (κ3) is 5.59. The van der Waals surface area contributed by atoms with E-state index in [1.807, 2.05) is 0 Å². The quantitative estimate of drug-likeness (QED) is 0.352. The third-order valence-corrected chi connectivity index (χ3v) is 5.53. The Morgan fingerprint density at radius 2 is 1.32 bits per heavy atom. The largest absolute Gasteiger partial charge is 0.389 e. The van der Waals surface area contributed by atoms with Crippen LogP contribution in [0.1, 0.15) is 58.3 Å². The Balaban J connectivity index is 1.42. The summed E-state index contributed by atoms with van der Waals surface area (Å²) in [7, 11) is 0. The van der Waals surface area contributed by atoms with Gasteiger partial charge in [0, 0.05) is 28.4 Å². The predicted molar refractivity (Wildman–Crippen MR) is 119 cm³/mol. The molecule has 2 aromatic carbocycles. The van der Waals surface area contributed by atoms with Gasteiger partial charge in [-0.25, -0.2) is 0 Å². The average Bonchev–Trinajstić information content (AvgIpc) is 3.03. The van der Waals surface area contributed by atoms with Crippen LogP contribution in [0, 0.1) is 0 Å². The molecule has 0 amide bonds. The maximum atomic E-state index is 10.5. The molecule has 1 unspecified atom stereocenters. The molecule has 0 saturated heterocycles.